The molecule has 1 N–H and O–H groups in total. The van der Waals surface area contributed by atoms with E-state index in [1.54, 1.807) is 38.4 Å². The zero-order chi connectivity index (χ0) is 24.2. The van der Waals surface area contributed by atoms with Gasteiger partial charge in [0.1, 0.15) is 5.75 Å². The zero-order valence-electron chi connectivity index (χ0n) is 19.1. The minimum absolute atomic E-state index is 0.0732. The lowest BCUT2D eigenvalue weighted by molar-refractivity contribution is -0.130. The first kappa shape index (κ1) is 24.7. The average Bonchev–Trinajstić information content (AvgIpc) is 2.77. The standard InChI is InChI=1S/C23H29N3O6S/c1-16-13-26(14-17(2)32-16)33(29,30)21-11-5-18(6-12-21)23(28)24-19-7-9-20(10-8-19)31-15-22(27)25(3)4/h5-12,16-17H,13-15H2,1-4H3,(H,24,28)/t16-,17-/m0/s1. The molecule has 178 valence electrons. The molecule has 10 heteroatoms. The number of morpholine rings is 1. The van der Waals surface area contributed by atoms with Gasteiger partial charge in [0.15, 0.2) is 6.61 Å². The number of rotatable bonds is 7. The quantitative estimate of drug-likeness (QED) is 0.658. The number of nitrogens with zero attached hydrogens (tertiary/aromatic N) is 2. The maximum Gasteiger partial charge on any atom is 0.259 e. The largest absolute Gasteiger partial charge is 0.484 e. The van der Waals surface area contributed by atoms with E-state index in [-0.39, 0.29) is 48.6 Å². The van der Waals surface area contributed by atoms with Crippen molar-refractivity contribution in [2.24, 2.45) is 0 Å². The smallest absolute Gasteiger partial charge is 0.259 e. The third kappa shape index (κ3) is 6.31. The molecular formula is C23H29N3O6S. The number of nitrogens with one attached hydrogen (secondary N) is 1. The van der Waals surface area contributed by atoms with Crippen molar-refractivity contribution in [3.05, 3.63) is 54.1 Å². The first-order valence-electron chi connectivity index (χ1n) is 10.6. The molecule has 0 bridgehead atoms. The summed E-state index contributed by atoms with van der Waals surface area (Å²) in [4.78, 5) is 25.7. The summed E-state index contributed by atoms with van der Waals surface area (Å²) in [6, 6.07) is 12.5. The summed E-state index contributed by atoms with van der Waals surface area (Å²) in [6.07, 6.45) is -0.363. The molecule has 1 heterocycles. The van der Waals surface area contributed by atoms with E-state index in [2.05, 4.69) is 5.32 Å². The fourth-order valence-corrected chi connectivity index (χ4v) is 4.96. The first-order chi connectivity index (χ1) is 15.6. The van der Waals surface area contributed by atoms with Crippen molar-refractivity contribution < 1.29 is 27.5 Å². The highest BCUT2D eigenvalue weighted by Crippen LogP contribution is 2.22. The average molecular weight is 476 g/mol. The van der Waals surface area contributed by atoms with Crippen molar-refractivity contribution in [1.29, 1.82) is 0 Å². The van der Waals surface area contributed by atoms with Gasteiger partial charge in [-0.1, -0.05) is 0 Å². The summed E-state index contributed by atoms with van der Waals surface area (Å²) in [6.45, 7) is 4.19. The van der Waals surface area contributed by atoms with Crippen LogP contribution in [0.25, 0.3) is 0 Å². The van der Waals surface area contributed by atoms with Crippen LogP contribution < -0.4 is 10.1 Å². The molecule has 3 rings (SSSR count). The Morgan fingerprint density at radius 3 is 2.15 bits per heavy atom. The number of hydrogen-bond donors (Lipinski definition) is 1. The van der Waals surface area contributed by atoms with Crippen molar-refractivity contribution in [2.45, 2.75) is 31.0 Å². The van der Waals surface area contributed by atoms with Crippen molar-refractivity contribution in [3.63, 3.8) is 0 Å². The Morgan fingerprint density at radius 2 is 1.61 bits per heavy atom. The zero-order valence-corrected chi connectivity index (χ0v) is 20.0. The molecule has 1 fully saturated rings. The molecule has 1 saturated heterocycles. The topological polar surface area (TPSA) is 105 Å². The summed E-state index contributed by atoms with van der Waals surface area (Å²) in [5.74, 6) is -0.0241. The second-order valence-electron chi connectivity index (χ2n) is 8.16. The van der Waals surface area contributed by atoms with Gasteiger partial charge in [-0.3, -0.25) is 9.59 Å². The Morgan fingerprint density at radius 1 is 1.03 bits per heavy atom. The van der Waals surface area contributed by atoms with Crippen LogP contribution in [-0.2, 0) is 19.6 Å². The number of carbonyl (C=O) groups excluding carboxylic acids is 2. The molecule has 33 heavy (non-hydrogen) atoms. The maximum atomic E-state index is 12.9. The Bertz CT molecular complexity index is 1070. The molecule has 1 aliphatic rings. The van der Waals surface area contributed by atoms with Gasteiger partial charge in [-0.25, -0.2) is 8.42 Å². The summed E-state index contributed by atoms with van der Waals surface area (Å²) in [5.41, 5.74) is 0.869. The molecule has 0 aliphatic carbocycles. The van der Waals surface area contributed by atoms with Crippen molar-refractivity contribution >= 4 is 27.5 Å². The third-order valence-corrected chi connectivity index (χ3v) is 6.96. The SMILES string of the molecule is C[C@H]1CN(S(=O)(=O)c2ccc(C(=O)Nc3ccc(OCC(=O)N(C)C)cc3)cc2)C[C@H](C)O1. The molecule has 2 aromatic rings. The molecule has 0 saturated carbocycles. The third-order valence-electron chi connectivity index (χ3n) is 5.11. The Labute approximate surface area is 194 Å². The molecule has 0 spiro atoms. The molecular weight excluding hydrogens is 446 g/mol. The van der Waals surface area contributed by atoms with Gasteiger partial charge in [0.05, 0.1) is 17.1 Å². The van der Waals surface area contributed by atoms with Gasteiger partial charge in [-0.05, 0) is 62.4 Å². The highest BCUT2D eigenvalue weighted by molar-refractivity contribution is 7.89. The lowest BCUT2D eigenvalue weighted by atomic mass is 10.2. The fraction of sp³-hybridized carbons (Fsp3) is 0.391. The van der Waals surface area contributed by atoms with E-state index >= 15 is 0 Å². The molecule has 1 aliphatic heterocycles. The van der Waals surface area contributed by atoms with Crippen LogP contribution >= 0.6 is 0 Å². The Kier molecular flexibility index (Phi) is 7.72. The van der Waals surface area contributed by atoms with Gasteiger partial charge in [0.2, 0.25) is 10.0 Å². The fourth-order valence-electron chi connectivity index (χ4n) is 3.37. The highest BCUT2D eigenvalue weighted by atomic mass is 32.2. The van der Waals surface area contributed by atoms with Crippen molar-refractivity contribution in [2.75, 3.05) is 39.1 Å². The van der Waals surface area contributed by atoms with Crippen LogP contribution in [0.2, 0.25) is 0 Å². The summed E-state index contributed by atoms with van der Waals surface area (Å²) in [7, 11) is -0.373. The van der Waals surface area contributed by atoms with Crippen LogP contribution in [-0.4, -0.2) is 75.4 Å². The number of benzene rings is 2. The van der Waals surface area contributed by atoms with Crippen LogP contribution in [0, 0.1) is 0 Å². The second-order valence-corrected chi connectivity index (χ2v) is 10.1. The summed E-state index contributed by atoms with van der Waals surface area (Å²) >= 11 is 0. The monoisotopic (exact) mass is 475 g/mol. The predicted molar refractivity (Wildman–Crippen MR) is 124 cm³/mol. The number of likely N-dealkylation sites (N-methyl/N-ethyl adjacent to an activating group) is 1. The molecule has 0 unspecified atom stereocenters. The number of sulfonamides is 1. The number of anilines is 1. The van der Waals surface area contributed by atoms with Crippen LogP contribution in [0.3, 0.4) is 0 Å². The van der Waals surface area contributed by atoms with Gasteiger partial charge in [0, 0.05) is 38.4 Å². The predicted octanol–water partition coefficient (Wildman–Crippen LogP) is 2.20. The lowest BCUT2D eigenvalue weighted by Gasteiger charge is -2.34. The van der Waals surface area contributed by atoms with E-state index in [0.717, 1.165) is 0 Å². The normalized spacial score (nSPS) is 19.0. The van der Waals surface area contributed by atoms with Gasteiger partial charge in [-0.2, -0.15) is 4.31 Å². The van der Waals surface area contributed by atoms with E-state index in [4.69, 9.17) is 9.47 Å². The molecule has 2 atom stereocenters. The van der Waals surface area contributed by atoms with Crippen molar-refractivity contribution in [3.8, 4) is 5.75 Å². The molecule has 2 amide bonds. The van der Waals surface area contributed by atoms with Gasteiger partial charge < -0.3 is 19.7 Å². The van der Waals surface area contributed by atoms with E-state index in [0.29, 0.717) is 17.0 Å². The number of hydrogen-bond acceptors (Lipinski definition) is 6. The van der Waals surface area contributed by atoms with Crippen LogP contribution in [0.1, 0.15) is 24.2 Å². The molecule has 9 nitrogen and oxygen atoms in total. The van der Waals surface area contributed by atoms with Crippen molar-refractivity contribution in [1.82, 2.24) is 9.21 Å². The minimum atomic E-state index is -3.67. The number of amides is 2. The maximum absolute atomic E-state index is 12.9. The second kappa shape index (κ2) is 10.3. The van der Waals surface area contributed by atoms with Gasteiger partial charge >= 0.3 is 0 Å². The number of ether oxygens (including phenoxy) is 2. The van der Waals surface area contributed by atoms with Crippen LogP contribution in [0.4, 0.5) is 5.69 Å². The minimum Gasteiger partial charge on any atom is -0.484 e. The van der Waals surface area contributed by atoms with E-state index in [1.165, 1.54) is 33.5 Å². The number of carbonyl (C=O) groups is 2. The molecule has 0 radical (unpaired) electrons. The Balaban J connectivity index is 1.62. The molecule has 2 aromatic carbocycles. The van der Waals surface area contributed by atoms with E-state index in [9.17, 15) is 18.0 Å². The van der Waals surface area contributed by atoms with E-state index in [1.807, 2.05) is 13.8 Å². The highest BCUT2D eigenvalue weighted by Gasteiger charge is 2.32. The Hall–Kier alpha value is -2.95. The van der Waals surface area contributed by atoms with Gasteiger partial charge in [-0.15, -0.1) is 0 Å². The van der Waals surface area contributed by atoms with E-state index < -0.39 is 10.0 Å². The first-order valence-corrected chi connectivity index (χ1v) is 12.0. The lowest BCUT2D eigenvalue weighted by Crippen LogP contribution is -2.48. The van der Waals surface area contributed by atoms with Gasteiger partial charge in [0.25, 0.3) is 11.8 Å². The van der Waals surface area contributed by atoms with Crippen LogP contribution in [0.15, 0.2) is 53.4 Å². The van der Waals surface area contributed by atoms with Crippen LogP contribution in [0.5, 0.6) is 5.75 Å². The summed E-state index contributed by atoms with van der Waals surface area (Å²) in [5, 5.41) is 2.76. The molecule has 0 aromatic heterocycles. The summed E-state index contributed by atoms with van der Waals surface area (Å²) < 4.78 is 38.3.